The highest BCUT2D eigenvalue weighted by Gasteiger charge is 2.24. The number of benzene rings is 2. The number of thioether (sulfide) groups is 1. The Hall–Kier alpha value is -1.91. The highest BCUT2D eigenvalue weighted by atomic mass is 32.2. The van der Waals surface area contributed by atoms with Crippen LogP contribution in [0.1, 0.15) is 12.0 Å². The maximum Gasteiger partial charge on any atom is 0.0731 e. The zero-order chi connectivity index (χ0) is 16.7. The third-order valence-corrected chi connectivity index (χ3v) is 5.67. The number of aryl methyl sites for hydroxylation is 1. The van der Waals surface area contributed by atoms with E-state index in [0.29, 0.717) is 6.54 Å². The second-order valence-corrected chi connectivity index (χ2v) is 7.32. The van der Waals surface area contributed by atoms with Crippen molar-refractivity contribution < 1.29 is 5.11 Å². The highest BCUT2D eigenvalue weighted by molar-refractivity contribution is 7.98. The van der Waals surface area contributed by atoms with Gasteiger partial charge in [0, 0.05) is 40.1 Å². The summed E-state index contributed by atoms with van der Waals surface area (Å²) in [7, 11) is 0. The topological polar surface area (TPSA) is 39.3 Å². The molecule has 1 unspecified atom stereocenters. The molecule has 3 nitrogen and oxygen atoms in total. The van der Waals surface area contributed by atoms with Gasteiger partial charge in [-0.3, -0.25) is 0 Å². The number of fused-ring (bicyclic) bond motifs is 1. The van der Waals surface area contributed by atoms with Crippen molar-refractivity contribution in [1.29, 1.82) is 0 Å². The first-order chi connectivity index (χ1) is 11.7. The number of rotatable bonds is 3. The Balaban J connectivity index is 1.90. The molecule has 1 aliphatic rings. The summed E-state index contributed by atoms with van der Waals surface area (Å²) >= 11 is 1.76. The van der Waals surface area contributed by atoms with Crippen molar-refractivity contribution in [2.75, 3.05) is 24.2 Å². The Labute approximate surface area is 146 Å². The van der Waals surface area contributed by atoms with Crippen LogP contribution in [-0.4, -0.2) is 35.5 Å². The van der Waals surface area contributed by atoms with Gasteiger partial charge in [-0.1, -0.05) is 18.2 Å². The van der Waals surface area contributed by atoms with Crippen LogP contribution in [0.3, 0.4) is 0 Å². The molecule has 2 aromatic carbocycles. The number of H-pyrrole nitrogens is 1. The van der Waals surface area contributed by atoms with Crippen molar-refractivity contribution >= 4 is 28.4 Å². The van der Waals surface area contributed by atoms with Gasteiger partial charge in [-0.05, 0) is 49.4 Å². The van der Waals surface area contributed by atoms with Gasteiger partial charge in [-0.2, -0.15) is 0 Å². The lowest BCUT2D eigenvalue weighted by atomic mass is 10.0. The number of aliphatic hydroxyl groups excluding tert-OH is 1. The molecular weight excluding hydrogens is 316 g/mol. The molecule has 1 saturated heterocycles. The number of aliphatic hydroxyl groups is 1. The van der Waals surface area contributed by atoms with Gasteiger partial charge in [-0.15, -0.1) is 11.8 Å². The van der Waals surface area contributed by atoms with Crippen LogP contribution in [0, 0.1) is 6.92 Å². The molecule has 3 aromatic rings. The van der Waals surface area contributed by atoms with E-state index >= 15 is 0 Å². The van der Waals surface area contributed by atoms with Crippen molar-refractivity contribution in [2.24, 2.45) is 0 Å². The summed E-state index contributed by atoms with van der Waals surface area (Å²) in [5.74, 6) is 0. The molecule has 0 radical (unpaired) electrons. The number of nitrogens with one attached hydrogen (secondary N) is 1. The lowest BCUT2D eigenvalue weighted by Gasteiger charge is -2.22. The molecule has 24 heavy (non-hydrogen) atoms. The highest BCUT2D eigenvalue weighted by Crippen LogP contribution is 2.38. The van der Waals surface area contributed by atoms with Gasteiger partial charge in [0.05, 0.1) is 11.8 Å². The fraction of sp³-hybridized carbons (Fsp3) is 0.300. The molecule has 1 aliphatic heterocycles. The van der Waals surface area contributed by atoms with Crippen molar-refractivity contribution in [3.05, 3.63) is 48.0 Å². The number of aromatic nitrogens is 1. The van der Waals surface area contributed by atoms with E-state index in [1.165, 1.54) is 38.3 Å². The smallest absolute Gasteiger partial charge is 0.0731 e. The molecule has 1 aromatic heterocycles. The Bertz CT molecular complexity index is 886. The minimum absolute atomic E-state index is 0.220. The van der Waals surface area contributed by atoms with Crippen molar-refractivity contribution in [2.45, 2.75) is 24.3 Å². The number of hydrogen-bond acceptors (Lipinski definition) is 3. The van der Waals surface area contributed by atoms with Crippen LogP contribution in [0.2, 0.25) is 0 Å². The predicted molar refractivity (Wildman–Crippen MR) is 103 cm³/mol. The van der Waals surface area contributed by atoms with Gasteiger partial charge in [0.2, 0.25) is 0 Å². The lowest BCUT2D eigenvalue weighted by Crippen LogP contribution is -2.21. The number of anilines is 1. The van der Waals surface area contributed by atoms with Crippen LogP contribution in [0.5, 0.6) is 0 Å². The molecule has 2 heterocycles. The number of para-hydroxylation sites is 1. The first-order valence-electron chi connectivity index (χ1n) is 8.36. The molecule has 0 bridgehead atoms. The average molecular weight is 338 g/mol. The van der Waals surface area contributed by atoms with E-state index in [9.17, 15) is 5.11 Å². The number of hydrogen-bond donors (Lipinski definition) is 2. The fourth-order valence-corrected chi connectivity index (χ4v) is 4.07. The molecule has 0 saturated carbocycles. The molecule has 124 valence electrons. The van der Waals surface area contributed by atoms with Crippen LogP contribution in [0.4, 0.5) is 5.69 Å². The molecule has 1 atom stereocenters. The summed E-state index contributed by atoms with van der Waals surface area (Å²) in [5, 5.41) is 11.2. The first-order valence-corrected chi connectivity index (χ1v) is 9.58. The van der Waals surface area contributed by atoms with Gasteiger partial charge in [0.15, 0.2) is 0 Å². The van der Waals surface area contributed by atoms with Gasteiger partial charge >= 0.3 is 0 Å². The van der Waals surface area contributed by atoms with Crippen LogP contribution < -0.4 is 4.90 Å². The summed E-state index contributed by atoms with van der Waals surface area (Å²) in [4.78, 5) is 7.16. The van der Waals surface area contributed by atoms with Gasteiger partial charge in [-0.25, -0.2) is 0 Å². The van der Waals surface area contributed by atoms with Crippen molar-refractivity contribution in [3.63, 3.8) is 0 Å². The lowest BCUT2D eigenvalue weighted by molar-refractivity contribution is 0.198. The first kappa shape index (κ1) is 15.6. The zero-order valence-corrected chi connectivity index (χ0v) is 14.9. The molecule has 0 aliphatic carbocycles. The van der Waals surface area contributed by atoms with E-state index in [-0.39, 0.29) is 6.10 Å². The van der Waals surface area contributed by atoms with E-state index in [1.807, 2.05) is 0 Å². The van der Waals surface area contributed by atoms with Gasteiger partial charge in [0.1, 0.15) is 0 Å². The van der Waals surface area contributed by atoms with E-state index in [2.05, 4.69) is 65.5 Å². The molecular formula is C20H22N2OS. The SMILES string of the molecule is CSc1ccc(N2CCC(O)C2)c(-c2[nH]c3ccccc3c2C)c1. The second kappa shape index (κ2) is 6.19. The molecule has 1 fully saturated rings. The molecule has 4 rings (SSSR count). The zero-order valence-electron chi connectivity index (χ0n) is 14.0. The number of β-amino-alcohol motifs (C(OH)–C–C–N with tert-alkyl or cyclic N) is 1. The largest absolute Gasteiger partial charge is 0.391 e. The van der Waals surface area contributed by atoms with Gasteiger partial charge < -0.3 is 15.0 Å². The number of aromatic amines is 1. The summed E-state index contributed by atoms with van der Waals surface area (Å²) in [6.07, 6.45) is 2.73. The number of nitrogens with zero attached hydrogens (tertiary/aromatic N) is 1. The maximum atomic E-state index is 9.94. The van der Waals surface area contributed by atoms with E-state index < -0.39 is 0 Å². The maximum absolute atomic E-state index is 9.94. The third kappa shape index (κ3) is 2.60. The van der Waals surface area contributed by atoms with Crippen LogP contribution in [0.25, 0.3) is 22.2 Å². The standard InChI is InChI=1S/C20H22N2OS/c1-13-16-5-3-4-6-18(16)21-20(13)17-11-15(24-2)7-8-19(17)22-10-9-14(23)12-22/h3-8,11,14,21,23H,9-10,12H2,1-2H3. The van der Waals surface area contributed by atoms with E-state index in [1.54, 1.807) is 11.8 Å². The third-order valence-electron chi connectivity index (χ3n) is 4.94. The van der Waals surface area contributed by atoms with Crippen molar-refractivity contribution in [1.82, 2.24) is 4.98 Å². The Kier molecular flexibility index (Phi) is 4.02. The van der Waals surface area contributed by atoms with Crippen LogP contribution in [0.15, 0.2) is 47.4 Å². The summed E-state index contributed by atoms with van der Waals surface area (Å²) in [6, 6.07) is 15.1. The predicted octanol–water partition coefficient (Wildman–Crippen LogP) is 4.44. The Morgan fingerprint density at radius 1 is 1.21 bits per heavy atom. The summed E-state index contributed by atoms with van der Waals surface area (Å²) < 4.78 is 0. The quantitative estimate of drug-likeness (QED) is 0.694. The Morgan fingerprint density at radius 2 is 2.04 bits per heavy atom. The van der Waals surface area contributed by atoms with Crippen LogP contribution >= 0.6 is 11.8 Å². The molecule has 0 amide bonds. The van der Waals surface area contributed by atoms with E-state index in [4.69, 9.17) is 0 Å². The fourth-order valence-electron chi connectivity index (χ4n) is 3.63. The average Bonchev–Trinajstić information content (AvgIpc) is 3.18. The van der Waals surface area contributed by atoms with Gasteiger partial charge in [0.25, 0.3) is 0 Å². The minimum Gasteiger partial charge on any atom is -0.391 e. The molecule has 2 N–H and O–H groups in total. The monoisotopic (exact) mass is 338 g/mol. The van der Waals surface area contributed by atoms with Crippen molar-refractivity contribution in [3.8, 4) is 11.3 Å². The molecule has 0 spiro atoms. The summed E-state index contributed by atoms with van der Waals surface area (Å²) in [6.45, 7) is 3.81. The molecule has 4 heteroatoms. The normalized spacial score (nSPS) is 17.8. The Morgan fingerprint density at radius 3 is 2.75 bits per heavy atom. The second-order valence-electron chi connectivity index (χ2n) is 6.44. The van der Waals surface area contributed by atoms with E-state index in [0.717, 1.165) is 13.0 Å². The minimum atomic E-state index is -0.220. The summed E-state index contributed by atoms with van der Waals surface area (Å²) in [5.41, 5.74) is 6.07. The van der Waals surface area contributed by atoms with Crippen LogP contribution in [-0.2, 0) is 0 Å².